The van der Waals surface area contributed by atoms with Gasteiger partial charge in [0.1, 0.15) is 5.75 Å². The zero-order valence-electron chi connectivity index (χ0n) is 12.6. The average Bonchev–Trinajstić information content (AvgIpc) is 2.49. The van der Waals surface area contributed by atoms with E-state index in [-0.39, 0.29) is 4.90 Å². The lowest BCUT2D eigenvalue weighted by Crippen LogP contribution is -2.22. The maximum absolute atomic E-state index is 12.0. The number of aryl methyl sites for hydroxylation is 1. The second-order valence-electron chi connectivity index (χ2n) is 5.01. The molecule has 0 spiro atoms. The van der Waals surface area contributed by atoms with E-state index < -0.39 is 16.0 Å². The number of sulfonamides is 1. The van der Waals surface area contributed by atoms with Gasteiger partial charge in [-0.25, -0.2) is 17.5 Å². The lowest BCUT2D eigenvalue weighted by atomic mass is 10.2. The molecule has 0 fully saturated rings. The van der Waals surface area contributed by atoms with E-state index in [1.54, 1.807) is 12.1 Å². The Morgan fingerprint density at radius 2 is 1.50 bits per heavy atom. The molecule has 0 N–H and O–H groups in total. The largest absolute Gasteiger partial charge is 0.423 e. The molecule has 0 radical (unpaired) electrons. The highest BCUT2D eigenvalue weighted by Crippen LogP contribution is 2.17. The van der Waals surface area contributed by atoms with Crippen molar-refractivity contribution in [2.45, 2.75) is 11.8 Å². The van der Waals surface area contributed by atoms with Gasteiger partial charge in [0, 0.05) is 14.1 Å². The summed E-state index contributed by atoms with van der Waals surface area (Å²) in [6, 6.07) is 12.8. The van der Waals surface area contributed by atoms with Crippen molar-refractivity contribution in [1.29, 1.82) is 0 Å². The molecule has 0 amide bonds. The minimum Gasteiger partial charge on any atom is -0.423 e. The van der Waals surface area contributed by atoms with E-state index in [4.69, 9.17) is 4.74 Å². The van der Waals surface area contributed by atoms with Crippen LogP contribution in [0.15, 0.2) is 53.4 Å². The Hall–Kier alpha value is -2.18. The lowest BCUT2D eigenvalue weighted by Gasteiger charge is -2.11. The van der Waals surface area contributed by atoms with Crippen LogP contribution in [0, 0.1) is 6.92 Å². The van der Waals surface area contributed by atoms with Crippen LogP contribution in [0.1, 0.15) is 15.9 Å². The molecule has 0 aliphatic carbocycles. The highest BCUT2D eigenvalue weighted by molar-refractivity contribution is 7.89. The van der Waals surface area contributed by atoms with Crippen molar-refractivity contribution in [3.05, 3.63) is 59.7 Å². The molecular formula is C16H17NO4S. The van der Waals surface area contributed by atoms with Crippen molar-refractivity contribution in [3.63, 3.8) is 0 Å². The van der Waals surface area contributed by atoms with Crippen LogP contribution in [-0.2, 0) is 10.0 Å². The zero-order chi connectivity index (χ0) is 16.3. The van der Waals surface area contributed by atoms with Gasteiger partial charge in [-0.1, -0.05) is 17.7 Å². The van der Waals surface area contributed by atoms with Crippen molar-refractivity contribution in [2.24, 2.45) is 0 Å². The van der Waals surface area contributed by atoms with Gasteiger partial charge in [0.25, 0.3) is 0 Å². The Balaban J connectivity index is 2.16. The summed E-state index contributed by atoms with van der Waals surface area (Å²) in [4.78, 5) is 12.1. The van der Waals surface area contributed by atoms with Crippen LogP contribution in [0.25, 0.3) is 0 Å². The standard InChI is InChI=1S/C16H17NO4S/c1-12-4-8-14(9-5-12)21-16(18)13-6-10-15(11-7-13)22(19,20)17(2)3/h4-11H,1-3H3. The van der Waals surface area contributed by atoms with E-state index in [0.29, 0.717) is 11.3 Å². The quantitative estimate of drug-likeness (QED) is 0.641. The topological polar surface area (TPSA) is 63.7 Å². The minimum absolute atomic E-state index is 0.129. The average molecular weight is 319 g/mol. The van der Waals surface area contributed by atoms with Gasteiger partial charge < -0.3 is 4.74 Å². The van der Waals surface area contributed by atoms with Gasteiger partial charge in [-0.15, -0.1) is 0 Å². The fourth-order valence-electron chi connectivity index (χ4n) is 1.75. The Kier molecular flexibility index (Phi) is 4.63. The third kappa shape index (κ3) is 3.52. The van der Waals surface area contributed by atoms with E-state index >= 15 is 0 Å². The van der Waals surface area contributed by atoms with Crippen LogP contribution in [0.4, 0.5) is 0 Å². The predicted molar refractivity (Wildman–Crippen MR) is 83.5 cm³/mol. The van der Waals surface area contributed by atoms with Gasteiger partial charge in [0.05, 0.1) is 10.5 Å². The SMILES string of the molecule is Cc1ccc(OC(=O)c2ccc(S(=O)(=O)N(C)C)cc2)cc1. The maximum Gasteiger partial charge on any atom is 0.343 e. The summed E-state index contributed by atoms with van der Waals surface area (Å²) in [6.45, 7) is 1.94. The molecule has 0 saturated heterocycles. The van der Waals surface area contributed by atoms with Crippen LogP contribution in [0.2, 0.25) is 0 Å². The summed E-state index contributed by atoms with van der Waals surface area (Å²) in [5.41, 5.74) is 1.36. The lowest BCUT2D eigenvalue weighted by molar-refractivity contribution is 0.0734. The molecule has 0 saturated carbocycles. The summed E-state index contributed by atoms with van der Waals surface area (Å²) in [5.74, 6) is -0.0850. The molecule has 0 heterocycles. The van der Waals surface area contributed by atoms with E-state index in [2.05, 4.69) is 0 Å². The van der Waals surface area contributed by atoms with E-state index in [1.807, 2.05) is 19.1 Å². The number of rotatable bonds is 4. The summed E-state index contributed by atoms with van der Waals surface area (Å²) in [6.07, 6.45) is 0. The Morgan fingerprint density at radius 1 is 0.955 bits per heavy atom. The Labute approximate surface area is 130 Å². The highest BCUT2D eigenvalue weighted by atomic mass is 32.2. The van der Waals surface area contributed by atoms with Crippen LogP contribution in [0.3, 0.4) is 0 Å². The first kappa shape index (κ1) is 16.2. The maximum atomic E-state index is 12.0. The molecule has 22 heavy (non-hydrogen) atoms. The molecule has 116 valence electrons. The minimum atomic E-state index is -3.50. The van der Waals surface area contributed by atoms with Crippen LogP contribution < -0.4 is 4.74 Å². The van der Waals surface area contributed by atoms with E-state index in [1.165, 1.54) is 38.4 Å². The van der Waals surface area contributed by atoms with Crippen molar-refractivity contribution in [1.82, 2.24) is 4.31 Å². The van der Waals surface area contributed by atoms with E-state index in [9.17, 15) is 13.2 Å². The van der Waals surface area contributed by atoms with Crippen molar-refractivity contribution in [2.75, 3.05) is 14.1 Å². The molecule has 6 heteroatoms. The number of carbonyl (C=O) groups is 1. The monoisotopic (exact) mass is 319 g/mol. The first-order valence-electron chi connectivity index (χ1n) is 6.62. The highest BCUT2D eigenvalue weighted by Gasteiger charge is 2.18. The number of benzene rings is 2. The Morgan fingerprint density at radius 3 is 2.00 bits per heavy atom. The van der Waals surface area contributed by atoms with Gasteiger partial charge in [0.2, 0.25) is 10.0 Å². The molecule has 0 aliphatic rings. The Bertz CT molecular complexity index is 763. The third-order valence-corrected chi connectivity index (χ3v) is 4.93. The van der Waals surface area contributed by atoms with Crippen LogP contribution in [0.5, 0.6) is 5.75 Å². The summed E-state index contributed by atoms with van der Waals surface area (Å²) in [5, 5.41) is 0. The van der Waals surface area contributed by atoms with Crippen LogP contribution in [-0.4, -0.2) is 32.8 Å². The summed E-state index contributed by atoms with van der Waals surface area (Å²) >= 11 is 0. The molecule has 0 aliphatic heterocycles. The van der Waals surface area contributed by atoms with Gasteiger partial charge in [-0.05, 0) is 43.3 Å². The van der Waals surface area contributed by atoms with Crippen molar-refractivity contribution >= 4 is 16.0 Å². The molecule has 5 nitrogen and oxygen atoms in total. The first-order chi connectivity index (χ1) is 10.3. The number of carbonyl (C=O) groups excluding carboxylic acids is 1. The number of hydrogen-bond donors (Lipinski definition) is 0. The zero-order valence-corrected chi connectivity index (χ0v) is 13.4. The number of hydrogen-bond acceptors (Lipinski definition) is 4. The molecule has 0 unspecified atom stereocenters. The predicted octanol–water partition coefficient (Wildman–Crippen LogP) is 2.46. The molecule has 0 bridgehead atoms. The molecule has 0 atom stereocenters. The number of ether oxygens (including phenoxy) is 1. The summed E-state index contributed by atoms with van der Waals surface area (Å²) in [7, 11) is -0.595. The van der Waals surface area contributed by atoms with Crippen molar-refractivity contribution < 1.29 is 17.9 Å². The number of esters is 1. The fraction of sp³-hybridized carbons (Fsp3) is 0.188. The molecule has 2 rings (SSSR count). The van der Waals surface area contributed by atoms with Gasteiger partial charge in [-0.2, -0.15) is 0 Å². The molecular weight excluding hydrogens is 302 g/mol. The second kappa shape index (κ2) is 6.29. The van der Waals surface area contributed by atoms with Crippen LogP contribution >= 0.6 is 0 Å². The van der Waals surface area contributed by atoms with E-state index in [0.717, 1.165) is 9.87 Å². The normalized spacial score (nSPS) is 11.5. The second-order valence-corrected chi connectivity index (χ2v) is 7.17. The van der Waals surface area contributed by atoms with Crippen molar-refractivity contribution in [3.8, 4) is 5.75 Å². The van der Waals surface area contributed by atoms with Gasteiger partial charge in [-0.3, -0.25) is 0 Å². The fourth-order valence-corrected chi connectivity index (χ4v) is 2.65. The smallest absolute Gasteiger partial charge is 0.343 e. The molecule has 2 aromatic carbocycles. The molecule has 2 aromatic rings. The van der Waals surface area contributed by atoms with Gasteiger partial charge >= 0.3 is 5.97 Å². The third-order valence-electron chi connectivity index (χ3n) is 3.10. The van der Waals surface area contributed by atoms with Gasteiger partial charge in [0.15, 0.2) is 0 Å². The molecule has 0 aromatic heterocycles. The first-order valence-corrected chi connectivity index (χ1v) is 8.06. The number of nitrogens with zero attached hydrogens (tertiary/aromatic N) is 1. The summed E-state index contributed by atoms with van der Waals surface area (Å²) < 4.78 is 30.2.